The Morgan fingerprint density at radius 2 is 2.11 bits per heavy atom. The van der Waals surface area contributed by atoms with Crippen LogP contribution in [0.25, 0.3) is 0 Å². The van der Waals surface area contributed by atoms with E-state index in [-0.39, 0.29) is 5.41 Å². The number of nitrogens with one attached hydrogen (secondary N) is 1. The van der Waals surface area contributed by atoms with Crippen molar-refractivity contribution in [3.63, 3.8) is 0 Å². The van der Waals surface area contributed by atoms with Crippen molar-refractivity contribution in [2.45, 2.75) is 58.9 Å². The van der Waals surface area contributed by atoms with Gasteiger partial charge in [0.25, 0.3) is 0 Å². The van der Waals surface area contributed by atoms with E-state index < -0.39 is 0 Å². The highest BCUT2D eigenvalue weighted by Crippen LogP contribution is 2.45. The molecule has 1 aromatic heterocycles. The Kier molecular flexibility index (Phi) is 4.00. The van der Waals surface area contributed by atoms with E-state index in [0.717, 1.165) is 25.3 Å². The number of aromatic nitrogens is 2. The monoisotopic (exact) mass is 247 g/mol. The molecule has 1 aliphatic rings. The fraction of sp³-hybridized carbons (Fsp3) is 0.733. The van der Waals surface area contributed by atoms with Gasteiger partial charge in [-0.1, -0.05) is 27.7 Å². The Labute approximate surface area is 110 Å². The van der Waals surface area contributed by atoms with Crippen LogP contribution in [0.4, 0.5) is 0 Å². The second-order valence-electron chi connectivity index (χ2n) is 6.10. The molecule has 0 aliphatic heterocycles. The van der Waals surface area contributed by atoms with Crippen LogP contribution in [-0.2, 0) is 18.4 Å². The van der Waals surface area contributed by atoms with Gasteiger partial charge >= 0.3 is 0 Å². The molecule has 1 saturated carbocycles. The maximum atomic E-state index is 4.77. The molecule has 100 valence electrons. The maximum Gasteiger partial charge on any atom is 0.134 e. The van der Waals surface area contributed by atoms with Gasteiger partial charge in [-0.2, -0.15) is 0 Å². The summed E-state index contributed by atoms with van der Waals surface area (Å²) < 4.78 is 0. The minimum Gasteiger partial charge on any atom is -0.312 e. The van der Waals surface area contributed by atoms with Gasteiger partial charge in [0.1, 0.15) is 5.82 Å². The third-order valence-electron chi connectivity index (χ3n) is 3.70. The first-order valence-corrected chi connectivity index (χ1v) is 7.11. The summed E-state index contributed by atoms with van der Waals surface area (Å²) in [5, 5.41) is 3.47. The second kappa shape index (κ2) is 5.35. The maximum absolute atomic E-state index is 4.77. The molecule has 1 heterocycles. The lowest BCUT2D eigenvalue weighted by molar-refractivity contribution is 0.548. The van der Waals surface area contributed by atoms with Crippen LogP contribution < -0.4 is 5.32 Å². The third-order valence-corrected chi connectivity index (χ3v) is 3.70. The first kappa shape index (κ1) is 13.5. The van der Waals surface area contributed by atoms with Crippen LogP contribution in [0.1, 0.15) is 57.6 Å². The minimum absolute atomic E-state index is 0.272. The van der Waals surface area contributed by atoms with E-state index in [1.54, 1.807) is 0 Å². The highest BCUT2D eigenvalue weighted by Gasteiger charge is 2.42. The summed E-state index contributed by atoms with van der Waals surface area (Å²) in [6.45, 7) is 10.8. The molecule has 1 aliphatic carbocycles. The summed E-state index contributed by atoms with van der Waals surface area (Å²) in [6, 6.07) is 0. The van der Waals surface area contributed by atoms with E-state index in [2.05, 4.69) is 38.0 Å². The van der Waals surface area contributed by atoms with E-state index in [0.29, 0.717) is 5.92 Å². The standard InChI is InChI=1S/C15H25N3/c1-5-13-12(9-16-8-11(2)3)10-17-14(18-13)15(4)6-7-15/h10-11,16H,5-9H2,1-4H3. The fourth-order valence-corrected chi connectivity index (χ4v) is 2.09. The molecule has 0 atom stereocenters. The van der Waals surface area contributed by atoms with E-state index >= 15 is 0 Å². The van der Waals surface area contributed by atoms with Crippen molar-refractivity contribution in [2.24, 2.45) is 5.92 Å². The molecule has 1 aromatic rings. The molecule has 3 nitrogen and oxygen atoms in total. The normalized spacial score (nSPS) is 17.2. The summed E-state index contributed by atoms with van der Waals surface area (Å²) in [6.07, 6.45) is 5.49. The van der Waals surface area contributed by atoms with Gasteiger partial charge in [-0.15, -0.1) is 0 Å². The molecule has 2 rings (SSSR count). The van der Waals surface area contributed by atoms with Crippen molar-refractivity contribution < 1.29 is 0 Å². The lowest BCUT2D eigenvalue weighted by Gasteiger charge is -2.13. The average Bonchev–Trinajstić information content (AvgIpc) is 3.08. The molecule has 0 unspecified atom stereocenters. The molecule has 18 heavy (non-hydrogen) atoms. The minimum atomic E-state index is 0.272. The van der Waals surface area contributed by atoms with Gasteiger partial charge in [-0.05, 0) is 31.7 Å². The van der Waals surface area contributed by atoms with Gasteiger partial charge < -0.3 is 5.32 Å². The number of rotatable bonds is 6. The molecule has 0 aromatic carbocycles. The number of nitrogens with zero attached hydrogens (tertiary/aromatic N) is 2. The van der Waals surface area contributed by atoms with Crippen LogP contribution in [0.5, 0.6) is 0 Å². The van der Waals surface area contributed by atoms with Crippen LogP contribution in [0.3, 0.4) is 0 Å². The summed E-state index contributed by atoms with van der Waals surface area (Å²) in [5.74, 6) is 1.73. The van der Waals surface area contributed by atoms with E-state index in [9.17, 15) is 0 Å². The molecular weight excluding hydrogens is 222 g/mol. The SMILES string of the molecule is CCc1nc(C2(C)CC2)ncc1CNCC(C)C. The van der Waals surface area contributed by atoms with Crippen molar-refractivity contribution >= 4 is 0 Å². The first-order chi connectivity index (χ1) is 8.55. The Balaban J connectivity index is 2.06. The molecule has 0 amide bonds. The molecule has 0 saturated heterocycles. The zero-order chi connectivity index (χ0) is 13.2. The quantitative estimate of drug-likeness (QED) is 0.840. The van der Waals surface area contributed by atoms with Crippen LogP contribution in [0.15, 0.2) is 6.20 Å². The zero-order valence-electron chi connectivity index (χ0n) is 12.1. The van der Waals surface area contributed by atoms with Crippen LogP contribution in [0.2, 0.25) is 0 Å². The fourth-order valence-electron chi connectivity index (χ4n) is 2.09. The van der Waals surface area contributed by atoms with Crippen LogP contribution >= 0.6 is 0 Å². The van der Waals surface area contributed by atoms with Gasteiger partial charge in [0.15, 0.2) is 0 Å². The van der Waals surface area contributed by atoms with E-state index in [1.807, 2.05) is 6.20 Å². The second-order valence-corrected chi connectivity index (χ2v) is 6.10. The van der Waals surface area contributed by atoms with Crippen LogP contribution in [-0.4, -0.2) is 16.5 Å². The average molecular weight is 247 g/mol. The van der Waals surface area contributed by atoms with Crippen molar-refractivity contribution in [1.82, 2.24) is 15.3 Å². The van der Waals surface area contributed by atoms with Gasteiger partial charge in [0.2, 0.25) is 0 Å². The predicted molar refractivity (Wildman–Crippen MR) is 74.5 cm³/mol. The molecule has 3 heteroatoms. The zero-order valence-corrected chi connectivity index (χ0v) is 12.1. The Morgan fingerprint density at radius 1 is 1.39 bits per heavy atom. The van der Waals surface area contributed by atoms with Crippen molar-refractivity contribution in [2.75, 3.05) is 6.54 Å². The highest BCUT2D eigenvalue weighted by molar-refractivity contribution is 5.23. The Bertz CT molecular complexity index is 408. The largest absolute Gasteiger partial charge is 0.312 e. The smallest absolute Gasteiger partial charge is 0.134 e. The summed E-state index contributed by atoms with van der Waals surface area (Å²) in [7, 11) is 0. The van der Waals surface area contributed by atoms with Gasteiger partial charge in [0.05, 0.1) is 0 Å². The number of aryl methyl sites for hydroxylation is 1. The summed E-state index contributed by atoms with van der Waals surface area (Å²) in [5.41, 5.74) is 2.74. The number of hydrogen-bond acceptors (Lipinski definition) is 3. The van der Waals surface area contributed by atoms with Crippen molar-refractivity contribution in [1.29, 1.82) is 0 Å². The molecule has 0 spiro atoms. The highest BCUT2D eigenvalue weighted by atomic mass is 14.9. The van der Waals surface area contributed by atoms with Crippen molar-refractivity contribution in [3.05, 3.63) is 23.3 Å². The molecule has 1 fully saturated rings. The Hall–Kier alpha value is -0.960. The predicted octanol–water partition coefficient (Wildman–Crippen LogP) is 2.84. The van der Waals surface area contributed by atoms with E-state index in [4.69, 9.17) is 4.98 Å². The summed E-state index contributed by atoms with van der Waals surface area (Å²) >= 11 is 0. The Morgan fingerprint density at radius 3 is 2.67 bits per heavy atom. The molecule has 1 N–H and O–H groups in total. The summed E-state index contributed by atoms with van der Waals surface area (Å²) in [4.78, 5) is 9.34. The van der Waals surface area contributed by atoms with Gasteiger partial charge in [0, 0.05) is 29.4 Å². The third kappa shape index (κ3) is 3.08. The van der Waals surface area contributed by atoms with E-state index in [1.165, 1.54) is 24.1 Å². The van der Waals surface area contributed by atoms with Gasteiger partial charge in [-0.25, -0.2) is 9.97 Å². The topological polar surface area (TPSA) is 37.8 Å². The molecule has 0 bridgehead atoms. The van der Waals surface area contributed by atoms with Crippen molar-refractivity contribution in [3.8, 4) is 0 Å². The lowest BCUT2D eigenvalue weighted by atomic mass is 10.1. The van der Waals surface area contributed by atoms with Crippen LogP contribution in [0, 0.1) is 5.92 Å². The molecule has 0 radical (unpaired) electrons. The number of hydrogen-bond donors (Lipinski definition) is 1. The lowest BCUT2D eigenvalue weighted by Crippen LogP contribution is -2.21. The van der Waals surface area contributed by atoms with Gasteiger partial charge in [-0.3, -0.25) is 0 Å². The molecular formula is C15H25N3. The first-order valence-electron chi connectivity index (χ1n) is 7.11.